The minimum absolute atomic E-state index is 0.0895. The van der Waals surface area contributed by atoms with Crippen LogP contribution in [0.4, 0.5) is 0 Å². The SMILES string of the molecule is COC(C)(C)C(=O)N1CCN(CCCCN)CC1. The van der Waals surface area contributed by atoms with E-state index in [9.17, 15) is 4.79 Å². The van der Waals surface area contributed by atoms with Crippen LogP contribution in [0.1, 0.15) is 26.7 Å². The standard InChI is InChI=1S/C13H27N3O2/c1-13(2,18-3)12(17)16-10-8-15(9-11-16)7-5-4-6-14/h4-11,14H2,1-3H3. The number of piperazine rings is 1. The molecule has 0 aromatic carbocycles. The molecule has 0 aromatic heterocycles. The van der Waals surface area contributed by atoms with E-state index in [1.54, 1.807) is 7.11 Å². The molecular weight excluding hydrogens is 230 g/mol. The molecule has 1 rings (SSSR count). The first-order valence-electron chi connectivity index (χ1n) is 6.78. The van der Waals surface area contributed by atoms with Crippen molar-refractivity contribution in [3.8, 4) is 0 Å². The monoisotopic (exact) mass is 257 g/mol. The van der Waals surface area contributed by atoms with Gasteiger partial charge >= 0.3 is 0 Å². The van der Waals surface area contributed by atoms with Gasteiger partial charge in [0.15, 0.2) is 0 Å². The Hall–Kier alpha value is -0.650. The van der Waals surface area contributed by atoms with Gasteiger partial charge in [0, 0.05) is 33.3 Å². The lowest BCUT2D eigenvalue weighted by atomic mass is 10.1. The van der Waals surface area contributed by atoms with Gasteiger partial charge in [-0.3, -0.25) is 9.69 Å². The van der Waals surface area contributed by atoms with Crippen LogP contribution < -0.4 is 5.73 Å². The Morgan fingerprint density at radius 1 is 1.22 bits per heavy atom. The van der Waals surface area contributed by atoms with Crippen LogP contribution in [-0.4, -0.2) is 67.7 Å². The molecule has 1 saturated heterocycles. The Labute approximate surface area is 110 Å². The summed E-state index contributed by atoms with van der Waals surface area (Å²) in [5.74, 6) is 0.0895. The lowest BCUT2D eigenvalue weighted by Crippen LogP contribution is -2.54. The highest BCUT2D eigenvalue weighted by Crippen LogP contribution is 2.14. The topological polar surface area (TPSA) is 58.8 Å². The van der Waals surface area contributed by atoms with Crippen molar-refractivity contribution in [3.05, 3.63) is 0 Å². The van der Waals surface area contributed by atoms with E-state index in [1.165, 1.54) is 0 Å². The van der Waals surface area contributed by atoms with Crippen LogP contribution >= 0.6 is 0 Å². The number of amides is 1. The predicted octanol–water partition coefficient (Wildman–Crippen LogP) is 0.295. The van der Waals surface area contributed by atoms with Crippen LogP contribution in [-0.2, 0) is 9.53 Å². The molecule has 106 valence electrons. The summed E-state index contributed by atoms with van der Waals surface area (Å²) in [6, 6.07) is 0. The molecule has 5 nitrogen and oxygen atoms in total. The van der Waals surface area contributed by atoms with E-state index in [-0.39, 0.29) is 5.91 Å². The molecular formula is C13H27N3O2. The molecule has 2 N–H and O–H groups in total. The van der Waals surface area contributed by atoms with Crippen LogP contribution in [0.5, 0.6) is 0 Å². The molecule has 0 bridgehead atoms. The van der Waals surface area contributed by atoms with Crippen molar-refractivity contribution >= 4 is 5.91 Å². The average Bonchev–Trinajstić information content (AvgIpc) is 2.39. The second kappa shape index (κ2) is 7.07. The highest BCUT2D eigenvalue weighted by Gasteiger charge is 2.33. The summed E-state index contributed by atoms with van der Waals surface area (Å²) >= 11 is 0. The van der Waals surface area contributed by atoms with E-state index in [4.69, 9.17) is 10.5 Å². The molecule has 1 heterocycles. The molecule has 1 aliphatic rings. The van der Waals surface area contributed by atoms with Crippen LogP contribution in [0, 0.1) is 0 Å². The molecule has 0 aliphatic carbocycles. The highest BCUT2D eigenvalue weighted by molar-refractivity contribution is 5.84. The molecule has 0 atom stereocenters. The Morgan fingerprint density at radius 2 is 1.83 bits per heavy atom. The third-order valence-electron chi connectivity index (χ3n) is 3.61. The normalized spacial score (nSPS) is 18.1. The first kappa shape index (κ1) is 15.4. The second-order valence-corrected chi connectivity index (χ2v) is 5.34. The number of hydrogen-bond acceptors (Lipinski definition) is 4. The lowest BCUT2D eigenvalue weighted by Gasteiger charge is -2.38. The van der Waals surface area contributed by atoms with Crippen molar-refractivity contribution in [1.29, 1.82) is 0 Å². The van der Waals surface area contributed by atoms with Crippen LogP contribution in [0.3, 0.4) is 0 Å². The zero-order valence-corrected chi connectivity index (χ0v) is 11.9. The molecule has 5 heteroatoms. The predicted molar refractivity (Wildman–Crippen MR) is 72.4 cm³/mol. The highest BCUT2D eigenvalue weighted by atomic mass is 16.5. The average molecular weight is 257 g/mol. The first-order valence-corrected chi connectivity index (χ1v) is 6.78. The lowest BCUT2D eigenvalue weighted by molar-refractivity contribution is -0.152. The molecule has 1 fully saturated rings. The molecule has 0 aromatic rings. The summed E-state index contributed by atoms with van der Waals surface area (Å²) in [5.41, 5.74) is 4.78. The molecule has 1 amide bonds. The molecule has 0 unspecified atom stereocenters. The smallest absolute Gasteiger partial charge is 0.254 e. The van der Waals surface area contributed by atoms with Gasteiger partial charge in [0.05, 0.1) is 0 Å². The quantitative estimate of drug-likeness (QED) is 0.695. The van der Waals surface area contributed by atoms with Gasteiger partial charge in [-0.05, 0) is 39.8 Å². The Morgan fingerprint density at radius 3 is 2.33 bits per heavy atom. The number of methoxy groups -OCH3 is 1. The number of ether oxygens (including phenoxy) is 1. The number of hydrogen-bond donors (Lipinski definition) is 1. The second-order valence-electron chi connectivity index (χ2n) is 5.34. The van der Waals surface area contributed by atoms with E-state index in [0.29, 0.717) is 0 Å². The van der Waals surface area contributed by atoms with Crippen molar-refractivity contribution < 1.29 is 9.53 Å². The first-order chi connectivity index (χ1) is 8.51. The fourth-order valence-corrected chi connectivity index (χ4v) is 2.12. The minimum atomic E-state index is -0.707. The van der Waals surface area contributed by atoms with E-state index in [0.717, 1.165) is 52.1 Å². The van der Waals surface area contributed by atoms with Crippen molar-refractivity contribution in [2.24, 2.45) is 5.73 Å². The number of rotatable bonds is 6. The number of carbonyl (C=O) groups excluding carboxylic acids is 1. The van der Waals surface area contributed by atoms with Crippen molar-refractivity contribution in [3.63, 3.8) is 0 Å². The van der Waals surface area contributed by atoms with E-state index < -0.39 is 5.60 Å². The summed E-state index contributed by atoms with van der Waals surface area (Å²) in [6.07, 6.45) is 2.23. The van der Waals surface area contributed by atoms with Gasteiger partial charge in [0.2, 0.25) is 0 Å². The van der Waals surface area contributed by atoms with Crippen LogP contribution in [0.15, 0.2) is 0 Å². The summed E-state index contributed by atoms with van der Waals surface area (Å²) in [4.78, 5) is 16.5. The third kappa shape index (κ3) is 4.23. The van der Waals surface area contributed by atoms with Crippen molar-refractivity contribution in [2.75, 3.05) is 46.4 Å². The summed E-state index contributed by atoms with van der Waals surface area (Å²) in [5, 5.41) is 0. The van der Waals surface area contributed by atoms with Gasteiger partial charge in [-0.25, -0.2) is 0 Å². The number of nitrogens with two attached hydrogens (primary N) is 1. The van der Waals surface area contributed by atoms with Gasteiger partial charge in [-0.1, -0.05) is 0 Å². The van der Waals surface area contributed by atoms with Gasteiger partial charge in [0.1, 0.15) is 5.60 Å². The maximum atomic E-state index is 12.2. The number of carbonyl (C=O) groups is 1. The zero-order valence-electron chi connectivity index (χ0n) is 11.9. The third-order valence-corrected chi connectivity index (χ3v) is 3.61. The van der Waals surface area contributed by atoms with Gasteiger partial charge in [0.25, 0.3) is 5.91 Å². The van der Waals surface area contributed by atoms with E-state index >= 15 is 0 Å². The van der Waals surface area contributed by atoms with E-state index in [2.05, 4.69) is 4.90 Å². The number of nitrogens with zero attached hydrogens (tertiary/aromatic N) is 2. The molecule has 0 saturated carbocycles. The molecule has 0 spiro atoms. The maximum Gasteiger partial charge on any atom is 0.254 e. The fourth-order valence-electron chi connectivity index (χ4n) is 2.12. The van der Waals surface area contributed by atoms with Crippen molar-refractivity contribution in [2.45, 2.75) is 32.3 Å². The Kier molecular flexibility index (Phi) is 6.05. The summed E-state index contributed by atoms with van der Waals surface area (Å²) in [7, 11) is 1.58. The summed E-state index contributed by atoms with van der Waals surface area (Å²) in [6.45, 7) is 9.01. The maximum absolute atomic E-state index is 12.2. The van der Waals surface area contributed by atoms with Gasteiger partial charge in [-0.2, -0.15) is 0 Å². The van der Waals surface area contributed by atoms with E-state index in [1.807, 2.05) is 18.7 Å². The Balaban J connectivity index is 2.33. The molecule has 18 heavy (non-hydrogen) atoms. The summed E-state index contributed by atoms with van der Waals surface area (Å²) < 4.78 is 5.24. The molecule has 0 radical (unpaired) electrons. The number of unbranched alkanes of at least 4 members (excludes halogenated alkanes) is 1. The zero-order chi connectivity index (χ0) is 13.6. The van der Waals surface area contributed by atoms with Gasteiger partial charge < -0.3 is 15.4 Å². The fraction of sp³-hybridized carbons (Fsp3) is 0.923. The van der Waals surface area contributed by atoms with Crippen LogP contribution in [0.2, 0.25) is 0 Å². The largest absolute Gasteiger partial charge is 0.369 e. The van der Waals surface area contributed by atoms with Gasteiger partial charge in [-0.15, -0.1) is 0 Å². The van der Waals surface area contributed by atoms with Crippen LogP contribution in [0.25, 0.3) is 0 Å². The Bertz CT molecular complexity index is 261. The van der Waals surface area contributed by atoms with Crippen molar-refractivity contribution in [1.82, 2.24) is 9.80 Å². The molecule has 1 aliphatic heterocycles. The minimum Gasteiger partial charge on any atom is -0.369 e.